The number of sulfonamides is 1. The van der Waals surface area contributed by atoms with Crippen LogP contribution in [0.4, 0.5) is 26.3 Å². The summed E-state index contributed by atoms with van der Waals surface area (Å²) in [4.78, 5) is 19.8. The molecule has 0 atom stereocenters. The lowest BCUT2D eigenvalue weighted by Crippen LogP contribution is -2.27. The van der Waals surface area contributed by atoms with Gasteiger partial charge in [0.05, 0.1) is 29.0 Å². The van der Waals surface area contributed by atoms with Crippen LogP contribution in [0.2, 0.25) is 0 Å². The first-order valence-electron chi connectivity index (χ1n) is 11.7. The molecule has 40 heavy (non-hydrogen) atoms. The molecule has 0 amide bonds. The molecule has 210 valence electrons. The highest BCUT2D eigenvalue weighted by Crippen LogP contribution is 2.38. The highest BCUT2D eigenvalue weighted by molar-refractivity contribution is 7.90. The number of aromatic nitrogens is 3. The normalized spacial score (nSPS) is 14.1. The van der Waals surface area contributed by atoms with Gasteiger partial charge in [-0.3, -0.25) is 4.79 Å². The molecular weight excluding hydrogens is 566 g/mol. The van der Waals surface area contributed by atoms with Crippen LogP contribution in [0, 0.1) is 17.5 Å². The first-order valence-corrected chi connectivity index (χ1v) is 13.2. The fraction of sp³-hybridized carbons (Fsp3) is 0.240. The molecule has 8 nitrogen and oxygen atoms in total. The van der Waals surface area contributed by atoms with Crippen molar-refractivity contribution in [3.8, 4) is 11.6 Å². The highest BCUT2D eigenvalue weighted by atomic mass is 32.2. The quantitative estimate of drug-likeness (QED) is 0.303. The molecule has 1 N–H and O–H groups in total. The summed E-state index contributed by atoms with van der Waals surface area (Å²) in [5.41, 5.74) is -2.49. The Kier molecular flexibility index (Phi) is 7.04. The van der Waals surface area contributed by atoms with Gasteiger partial charge in [-0.25, -0.2) is 31.3 Å². The summed E-state index contributed by atoms with van der Waals surface area (Å²) in [7, 11) is -3.63. The van der Waals surface area contributed by atoms with Crippen LogP contribution in [0.3, 0.4) is 0 Å². The number of hydrogen-bond acceptors (Lipinski definition) is 6. The van der Waals surface area contributed by atoms with Gasteiger partial charge in [0.2, 0.25) is 15.9 Å². The Labute approximate surface area is 222 Å². The van der Waals surface area contributed by atoms with E-state index in [-0.39, 0.29) is 22.2 Å². The Morgan fingerprint density at radius 2 is 1.73 bits per heavy atom. The van der Waals surface area contributed by atoms with E-state index in [0.29, 0.717) is 31.0 Å². The van der Waals surface area contributed by atoms with Crippen molar-refractivity contribution in [3.63, 3.8) is 0 Å². The summed E-state index contributed by atoms with van der Waals surface area (Å²) < 4.78 is 116. The summed E-state index contributed by atoms with van der Waals surface area (Å²) in [5, 5.41) is -0.687. The Bertz CT molecular complexity index is 1770. The van der Waals surface area contributed by atoms with Gasteiger partial charge in [-0.05, 0) is 42.7 Å². The van der Waals surface area contributed by atoms with Gasteiger partial charge in [0, 0.05) is 30.4 Å². The number of ether oxygens (including phenoxy) is 1. The van der Waals surface area contributed by atoms with Crippen molar-refractivity contribution in [1.82, 2.24) is 19.3 Å². The van der Waals surface area contributed by atoms with Crippen molar-refractivity contribution < 1.29 is 39.5 Å². The summed E-state index contributed by atoms with van der Waals surface area (Å²) in [6.07, 6.45) is -1.89. The molecule has 0 radical (unpaired) electrons. The summed E-state index contributed by atoms with van der Waals surface area (Å²) in [5.74, 6) is -4.48. The number of benzene rings is 2. The van der Waals surface area contributed by atoms with E-state index in [1.54, 1.807) is 0 Å². The SMILES string of the molecule is O=c1ncn(Cc2c(F)cc(F)cc2F)c2ccc(Oc3ncc(CNS(=O)(=O)C4CC4)cc3C(F)(F)F)cc12. The standard InChI is InChI=1S/C25H18F6N4O4S/c26-14-6-20(27)18(21(28)7-14)11-35-12-33-23(36)17-8-15(1-4-22(17)35)39-24-19(25(29,30)31)5-13(9-32-24)10-34-40(37,38)16-2-3-16/h1,4-9,12,16,34H,2-3,10-11H2. The van der Waals surface area contributed by atoms with Crippen LogP contribution >= 0.6 is 0 Å². The van der Waals surface area contributed by atoms with Crippen molar-refractivity contribution in [2.75, 3.05) is 0 Å². The fourth-order valence-electron chi connectivity index (χ4n) is 3.94. The number of halogens is 6. The molecule has 15 heteroatoms. The molecule has 2 heterocycles. The van der Waals surface area contributed by atoms with Gasteiger partial charge in [-0.2, -0.15) is 18.2 Å². The van der Waals surface area contributed by atoms with Crippen molar-refractivity contribution in [2.24, 2.45) is 0 Å². The number of rotatable bonds is 8. The largest absolute Gasteiger partial charge is 0.438 e. The smallest absolute Gasteiger partial charge is 0.421 e. The maximum atomic E-state index is 14.2. The Morgan fingerprint density at radius 3 is 2.38 bits per heavy atom. The summed E-state index contributed by atoms with van der Waals surface area (Å²) in [6, 6.07) is 5.30. The molecule has 0 saturated heterocycles. The van der Waals surface area contributed by atoms with Gasteiger partial charge >= 0.3 is 6.18 Å². The van der Waals surface area contributed by atoms with E-state index in [4.69, 9.17) is 4.74 Å². The highest BCUT2D eigenvalue weighted by Gasteiger charge is 2.37. The van der Waals surface area contributed by atoms with Gasteiger partial charge in [0.1, 0.15) is 28.8 Å². The Morgan fingerprint density at radius 1 is 1.02 bits per heavy atom. The fourth-order valence-corrected chi connectivity index (χ4v) is 5.30. The minimum absolute atomic E-state index is 0.0465. The van der Waals surface area contributed by atoms with Crippen molar-refractivity contribution in [1.29, 1.82) is 0 Å². The molecule has 2 aromatic carbocycles. The molecule has 1 saturated carbocycles. The number of hydrogen-bond donors (Lipinski definition) is 1. The van der Waals surface area contributed by atoms with E-state index in [0.717, 1.165) is 18.6 Å². The van der Waals surface area contributed by atoms with Gasteiger partial charge in [0.15, 0.2) is 0 Å². The first kappa shape index (κ1) is 27.6. The van der Waals surface area contributed by atoms with Crippen molar-refractivity contribution in [3.05, 3.63) is 93.4 Å². The van der Waals surface area contributed by atoms with Gasteiger partial charge < -0.3 is 9.30 Å². The third-order valence-electron chi connectivity index (χ3n) is 6.12. The summed E-state index contributed by atoms with van der Waals surface area (Å²) >= 11 is 0. The molecule has 0 spiro atoms. The molecule has 0 aliphatic heterocycles. The molecule has 1 aliphatic carbocycles. The molecular formula is C25H18F6N4O4S. The second-order valence-corrected chi connectivity index (χ2v) is 11.1. The molecule has 5 rings (SSSR count). The minimum Gasteiger partial charge on any atom is -0.438 e. The minimum atomic E-state index is -4.91. The zero-order valence-corrected chi connectivity index (χ0v) is 21.0. The van der Waals surface area contributed by atoms with Gasteiger partial charge in [-0.1, -0.05) is 0 Å². The first-order chi connectivity index (χ1) is 18.8. The third kappa shape index (κ3) is 5.79. The second-order valence-electron chi connectivity index (χ2n) is 9.07. The summed E-state index contributed by atoms with van der Waals surface area (Å²) in [6.45, 7) is -0.862. The molecule has 2 aromatic heterocycles. The maximum absolute atomic E-state index is 14.2. The predicted molar refractivity (Wildman–Crippen MR) is 130 cm³/mol. The van der Waals surface area contributed by atoms with E-state index in [1.165, 1.54) is 16.7 Å². The van der Waals surface area contributed by atoms with Gasteiger partial charge in [0.25, 0.3) is 5.56 Å². The van der Waals surface area contributed by atoms with Crippen molar-refractivity contribution >= 4 is 20.9 Å². The topological polar surface area (TPSA) is 103 Å². The number of nitrogens with one attached hydrogen (secondary N) is 1. The lowest BCUT2D eigenvalue weighted by Gasteiger charge is -2.15. The van der Waals surface area contributed by atoms with Crippen LogP contribution in [-0.4, -0.2) is 28.2 Å². The third-order valence-corrected chi connectivity index (χ3v) is 8.02. The number of fused-ring (bicyclic) bond motifs is 1. The zero-order valence-electron chi connectivity index (χ0n) is 20.2. The molecule has 4 aromatic rings. The van der Waals surface area contributed by atoms with Crippen LogP contribution < -0.4 is 15.0 Å². The molecule has 1 aliphatic rings. The average molecular weight is 584 g/mol. The van der Waals surface area contributed by atoms with E-state index in [2.05, 4.69) is 14.7 Å². The van der Waals surface area contributed by atoms with E-state index in [1.807, 2.05) is 0 Å². The monoisotopic (exact) mass is 584 g/mol. The Balaban J connectivity index is 1.44. The lowest BCUT2D eigenvalue weighted by atomic mass is 10.1. The zero-order chi connectivity index (χ0) is 28.8. The van der Waals surface area contributed by atoms with Crippen LogP contribution in [0.25, 0.3) is 10.9 Å². The van der Waals surface area contributed by atoms with E-state index >= 15 is 0 Å². The van der Waals surface area contributed by atoms with Crippen LogP contribution in [-0.2, 0) is 29.3 Å². The average Bonchev–Trinajstić information content (AvgIpc) is 3.73. The van der Waals surface area contributed by atoms with Gasteiger partial charge in [-0.15, -0.1) is 0 Å². The Hall–Kier alpha value is -3.98. The lowest BCUT2D eigenvalue weighted by molar-refractivity contribution is -0.138. The molecule has 0 bridgehead atoms. The van der Waals surface area contributed by atoms with E-state index < -0.39 is 74.6 Å². The molecule has 1 fully saturated rings. The molecule has 0 unspecified atom stereocenters. The maximum Gasteiger partial charge on any atom is 0.421 e. The second kappa shape index (κ2) is 10.2. The van der Waals surface area contributed by atoms with Crippen LogP contribution in [0.1, 0.15) is 29.5 Å². The number of alkyl halides is 3. The predicted octanol–water partition coefficient (Wildman–Crippen LogP) is 4.65. The number of nitrogens with zero attached hydrogens (tertiary/aromatic N) is 3. The van der Waals surface area contributed by atoms with Crippen LogP contribution in [0.5, 0.6) is 11.6 Å². The number of pyridine rings is 1. The van der Waals surface area contributed by atoms with Crippen LogP contribution in [0.15, 0.2) is 53.7 Å². The van der Waals surface area contributed by atoms with E-state index in [9.17, 15) is 39.6 Å². The van der Waals surface area contributed by atoms with Crippen molar-refractivity contribution in [2.45, 2.75) is 37.4 Å².